The molecular weight excluding hydrogens is 238 g/mol. The van der Waals surface area contributed by atoms with Gasteiger partial charge in [-0.1, -0.05) is 13.8 Å². The van der Waals surface area contributed by atoms with Gasteiger partial charge in [-0.05, 0) is 17.4 Å². The highest BCUT2D eigenvalue weighted by Crippen LogP contribution is 2.33. The number of ether oxygens (including phenoxy) is 1. The number of carbonyl (C=O) groups excluding carboxylic acids is 1. The van der Waals surface area contributed by atoms with Crippen LogP contribution in [0.25, 0.3) is 0 Å². The van der Waals surface area contributed by atoms with Gasteiger partial charge in [0.15, 0.2) is 0 Å². The number of amides is 1. The van der Waals surface area contributed by atoms with Crippen LogP contribution in [-0.2, 0) is 0 Å². The zero-order valence-corrected chi connectivity index (χ0v) is 11.1. The fourth-order valence-electron chi connectivity index (χ4n) is 1.88. The third-order valence-corrected chi connectivity index (χ3v) is 4.22. The van der Waals surface area contributed by atoms with Gasteiger partial charge in [0.2, 0.25) is 0 Å². The number of hydrogen-bond donors (Lipinski definition) is 1. The highest BCUT2D eigenvalue weighted by molar-refractivity contribution is 7.12. The van der Waals surface area contributed by atoms with Crippen LogP contribution < -0.4 is 4.74 Å². The third kappa shape index (κ3) is 2.05. The normalized spacial score (nSPS) is 18.1. The van der Waals surface area contributed by atoms with Crippen molar-refractivity contribution < 1.29 is 14.6 Å². The molecule has 1 N–H and O–H groups in total. The van der Waals surface area contributed by atoms with Gasteiger partial charge in [-0.15, -0.1) is 11.3 Å². The average Bonchev–Trinajstić information content (AvgIpc) is 2.71. The number of methoxy groups -OCH3 is 1. The van der Waals surface area contributed by atoms with Gasteiger partial charge in [0.25, 0.3) is 5.91 Å². The van der Waals surface area contributed by atoms with Crippen LogP contribution in [0, 0.1) is 5.92 Å². The Hall–Kier alpha value is -1.07. The van der Waals surface area contributed by atoms with Crippen molar-refractivity contribution in [2.45, 2.75) is 19.4 Å². The lowest BCUT2D eigenvalue weighted by Crippen LogP contribution is -2.65. The van der Waals surface area contributed by atoms with E-state index in [9.17, 15) is 9.90 Å². The molecule has 1 fully saturated rings. The Morgan fingerprint density at radius 1 is 1.59 bits per heavy atom. The van der Waals surface area contributed by atoms with Gasteiger partial charge in [0.05, 0.1) is 20.2 Å². The molecule has 0 bridgehead atoms. The van der Waals surface area contributed by atoms with E-state index >= 15 is 0 Å². The van der Waals surface area contributed by atoms with E-state index in [0.717, 1.165) is 0 Å². The zero-order chi connectivity index (χ0) is 12.6. The second kappa shape index (κ2) is 4.31. The van der Waals surface area contributed by atoms with Gasteiger partial charge in [-0.2, -0.15) is 0 Å². The minimum Gasteiger partial charge on any atom is -0.495 e. The summed E-state index contributed by atoms with van der Waals surface area (Å²) in [6, 6.07) is 1.78. The standard InChI is InChI=1S/C12H17NO3S/c1-8(2)12(15)6-13(7-12)11(14)10-9(16-3)4-5-17-10/h4-5,8,15H,6-7H2,1-3H3. The number of rotatable bonds is 3. The van der Waals surface area contributed by atoms with E-state index in [2.05, 4.69) is 0 Å². The Labute approximate surface area is 105 Å². The molecule has 0 spiro atoms. The monoisotopic (exact) mass is 255 g/mol. The van der Waals surface area contributed by atoms with Crippen molar-refractivity contribution in [2.75, 3.05) is 20.2 Å². The molecule has 1 aliphatic heterocycles. The van der Waals surface area contributed by atoms with Crippen molar-refractivity contribution in [1.29, 1.82) is 0 Å². The van der Waals surface area contributed by atoms with Crippen molar-refractivity contribution in [3.63, 3.8) is 0 Å². The molecule has 1 aromatic heterocycles. The first-order chi connectivity index (χ1) is 7.98. The first-order valence-corrected chi connectivity index (χ1v) is 6.49. The van der Waals surface area contributed by atoms with Crippen molar-refractivity contribution in [3.8, 4) is 5.75 Å². The Balaban J connectivity index is 2.05. The summed E-state index contributed by atoms with van der Waals surface area (Å²) in [6.07, 6.45) is 0. The molecular formula is C12H17NO3S. The minimum absolute atomic E-state index is 0.0535. The number of likely N-dealkylation sites (tertiary alicyclic amines) is 1. The van der Waals surface area contributed by atoms with Crippen molar-refractivity contribution in [3.05, 3.63) is 16.3 Å². The molecule has 2 heterocycles. The Morgan fingerprint density at radius 2 is 2.24 bits per heavy atom. The van der Waals surface area contributed by atoms with Crippen LogP contribution in [0.15, 0.2) is 11.4 Å². The summed E-state index contributed by atoms with van der Waals surface area (Å²) in [6.45, 7) is 4.75. The first kappa shape index (κ1) is 12.4. The summed E-state index contributed by atoms with van der Waals surface area (Å²) in [5, 5.41) is 11.9. The summed E-state index contributed by atoms with van der Waals surface area (Å²) in [5.41, 5.74) is -0.722. The molecule has 0 aliphatic carbocycles. The molecule has 1 aromatic rings. The topological polar surface area (TPSA) is 49.8 Å². The molecule has 0 atom stereocenters. The maximum atomic E-state index is 12.1. The third-order valence-electron chi connectivity index (χ3n) is 3.33. The molecule has 1 saturated heterocycles. The van der Waals surface area contributed by atoms with E-state index in [0.29, 0.717) is 23.7 Å². The van der Waals surface area contributed by atoms with Crippen LogP contribution in [0.4, 0.5) is 0 Å². The van der Waals surface area contributed by atoms with E-state index in [1.54, 1.807) is 18.1 Å². The number of hydrogen-bond acceptors (Lipinski definition) is 4. The van der Waals surface area contributed by atoms with Crippen LogP contribution in [0.1, 0.15) is 23.5 Å². The van der Waals surface area contributed by atoms with Crippen LogP contribution in [0.3, 0.4) is 0 Å². The summed E-state index contributed by atoms with van der Waals surface area (Å²) >= 11 is 1.37. The molecule has 17 heavy (non-hydrogen) atoms. The number of β-amino-alcohol motifs (C(OH)–C–C–N with tert-alkyl or cyclic N) is 1. The van der Waals surface area contributed by atoms with Crippen molar-refractivity contribution in [2.24, 2.45) is 5.92 Å². The van der Waals surface area contributed by atoms with Gasteiger partial charge in [-0.25, -0.2) is 0 Å². The van der Waals surface area contributed by atoms with Crippen LogP contribution >= 0.6 is 11.3 Å². The largest absolute Gasteiger partial charge is 0.495 e. The summed E-state index contributed by atoms with van der Waals surface area (Å²) in [5.74, 6) is 0.721. The average molecular weight is 255 g/mol. The molecule has 4 nitrogen and oxygen atoms in total. The molecule has 5 heteroatoms. The maximum Gasteiger partial charge on any atom is 0.267 e. The summed E-state index contributed by atoms with van der Waals surface area (Å²) < 4.78 is 5.13. The lowest BCUT2D eigenvalue weighted by atomic mass is 9.83. The van der Waals surface area contributed by atoms with Gasteiger partial charge >= 0.3 is 0 Å². The lowest BCUT2D eigenvalue weighted by Gasteiger charge is -2.48. The van der Waals surface area contributed by atoms with E-state index in [1.165, 1.54) is 11.3 Å². The van der Waals surface area contributed by atoms with Gasteiger partial charge in [-0.3, -0.25) is 4.79 Å². The van der Waals surface area contributed by atoms with E-state index in [-0.39, 0.29) is 11.8 Å². The Morgan fingerprint density at radius 3 is 2.76 bits per heavy atom. The molecule has 1 amide bonds. The van der Waals surface area contributed by atoms with E-state index < -0.39 is 5.60 Å². The Kier molecular flexibility index (Phi) is 3.14. The molecule has 0 saturated carbocycles. The molecule has 94 valence electrons. The SMILES string of the molecule is COc1ccsc1C(=O)N1CC(O)(C(C)C)C1. The predicted octanol–water partition coefficient (Wildman–Crippen LogP) is 1.60. The van der Waals surface area contributed by atoms with Gasteiger partial charge in [0.1, 0.15) is 16.2 Å². The van der Waals surface area contributed by atoms with Crippen LogP contribution in [0.2, 0.25) is 0 Å². The first-order valence-electron chi connectivity index (χ1n) is 5.61. The minimum atomic E-state index is -0.722. The highest BCUT2D eigenvalue weighted by Gasteiger charge is 2.46. The summed E-state index contributed by atoms with van der Waals surface area (Å²) in [4.78, 5) is 14.4. The highest BCUT2D eigenvalue weighted by atomic mass is 32.1. The number of aliphatic hydroxyl groups is 1. The Bertz CT molecular complexity index is 421. The molecule has 0 unspecified atom stereocenters. The number of nitrogens with zero attached hydrogens (tertiary/aromatic N) is 1. The number of carbonyl (C=O) groups is 1. The molecule has 2 rings (SSSR count). The fraction of sp³-hybridized carbons (Fsp3) is 0.583. The number of thiophene rings is 1. The molecule has 1 aliphatic rings. The van der Waals surface area contributed by atoms with Crippen LogP contribution in [0.5, 0.6) is 5.75 Å². The quantitative estimate of drug-likeness (QED) is 0.892. The van der Waals surface area contributed by atoms with Crippen molar-refractivity contribution in [1.82, 2.24) is 4.90 Å². The summed E-state index contributed by atoms with van der Waals surface area (Å²) in [7, 11) is 1.55. The lowest BCUT2D eigenvalue weighted by molar-refractivity contribution is -0.110. The smallest absolute Gasteiger partial charge is 0.267 e. The zero-order valence-electron chi connectivity index (χ0n) is 10.3. The van der Waals surface area contributed by atoms with Gasteiger partial charge in [0, 0.05) is 0 Å². The van der Waals surface area contributed by atoms with E-state index in [1.807, 2.05) is 19.2 Å². The molecule has 0 aromatic carbocycles. The fourth-order valence-corrected chi connectivity index (χ4v) is 2.71. The van der Waals surface area contributed by atoms with Gasteiger partial charge < -0.3 is 14.7 Å². The van der Waals surface area contributed by atoms with Crippen molar-refractivity contribution >= 4 is 17.2 Å². The second-order valence-electron chi connectivity index (χ2n) is 4.74. The van der Waals surface area contributed by atoms with E-state index in [4.69, 9.17) is 4.74 Å². The predicted molar refractivity (Wildman–Crippen MR) is 66.6 cm³/mol. The molecule has 0 radical (unpaired) electrons. The van der Waals surface area contributed by atoms with Crippen LogP contribution in [-0.4, -0.2) is 41.7 Å². The maximum absolute atomic E-state index is 12.1. The second-order valence-corrected chi connectivity index (χ2v) is 5.65.